The summed E-state index contributed by atoms with van der Waals surface area (Å²) in [5.41, 5.74) is 6.72. The lowest BCUT2D eigenvalue weighted by molar-refractivity contribution is -0.117. The Bertz CT molecular complexity index is 681. The van der Waals surface area contributed by atoms with Gasteiger partial charge < -0.3 is 10.9 Å². The third-order valence-electron chi connectivity index (χ3n) is 3.59. The van der Waals surface area contributed by atoms with E-state index in [-0.39, 0.29) is 17.8 Å². The summed E-state index contributed by atoms with van der Waals surface area (Å²) in [5.74, 6) is 0.172. The minimum absolute atomic E-state index is 0.0532. The van der Waals surface area contributed by atoms with E-state index in [4.69, 9.17) is 10.9 Å². The number of hydrogen-bond donors (Lipinski definition) is 2. The molecule has 6 heteroatoms. The van der Waals surface area contributed by atoms with Crippen molar-refractivity contribution in [2.75, 3.05) is 4.90 Å². The Morgan fingerprint density at radius 2 is 2.05 bits per heavy atom. The van der Waals surface area contributed by atoms with Gasteiger partial charge in [-0.15, -0.1) is 11.3 Å². The van der Waals surface area contributed by atoms with Gasteiger partial charge in [0, 0.05) is 6.42 Å². The molecule has 5 nitrogen and oxygen atoms in total. The van der Waals surface area contributed by atoms with Crippen LogP contribution in [0.2, 0.25) is 0 Å². The van der Waals surface area contributed by atoms with Crippen molar-refractivity contribution in [3.05, 3.63) is 52.9 Å². The molecule has 1 unspecified atom stereocenters. The zero-order chi connectivity index (χ0) is 14.8. The van der Waals surface area contributed by atoms with Crippen LogP contribution < -0.4 is 10.6 Å². The van der Waals surface area contributed by atoms with E-state index in [1.165, 1.54) is 11.3 Å². The van der Waals surface area contributed by atoms with E-state index in [0.717, 1.165) is 17.0 Å². The van der Waals surface area contributed by atoms with E-state index in [9.17, 15) is 4.79 Å². The maximum atomic E-state index is 12.2. The summed E-state index contributed by atoms with van der Waals surface area (Å²) in [4.78, 5) is 14.7. The van der Waals surface area contributed by atoms with Gasteiger partial charge in [-0.3, -0.25) is 9.69 Å². The Morgan fingerprint density at radius 3 is 2.76 bits per heavy atom. The summed E-state index contributed by atoms with van der Waals surface area (Å²) in [6, 6.07) is 13.7. The minimum Gasteiger partial charge on any atom is -0.409 e. The first-order valence-electron chi connectivity index (χ1n) is 6.65. The summed E-state index contributed by atoms with van der Waals surface area (Å²) in [7, 11) is 0. The van der Waals surface area contributed by atoms with Crippen LogP contribution in [0.4, 0.5) is 5.00 Å². The minimum atomic E-state index is 0.0532. The fraction of sp³-hybridized carbons (Fsp3) is 0.200. The van der Waals surface area contributed by atoms with Gasteiger partial charge in [-0.2, -0.15) is 0 Å². The molecule has 1 aliphatic rings. The predicted octanol–water partition coefficient (Wildman–Crippen LogP) is 2.71. The number of amides is 1. The summed E-state index contributed by atoms with van der Waals surface area (Å²) in [6.45, 7) is 0. The molecule has 2 aromatic rings. The number of oxime groups is 1. The molecule has 1 aromatic carbocycles. The molecule has 3 N–H and O–H groups in total. The summed E-state index contributed by atoms with van der Waals surface area (Å²) in [5, 5.41) is 12.6. The number of rotatable bonds is 3. The number of nitrogens with two attached hydrogens (primary N) is 1. The Balaban J connectivity index is 1.95. The summed E-state index contributed by atoms with van der Waals surface area (Å²) >= 11 is 1.35. The standard InChI is InChI=1S/C15H15N3O2S/c16-15(17-20)12-7-9-14(21-12)18-11(6-8-13(18)19)10-4-2-1-3-5-10/h1-5,7,9,11,20H,6,8H2,(H2,16,17). The number of amidine groups is 1. The number of carbonyl (C=O) groups excluding carboxylic acids is 1. The average Bonchev–Trinajstić information content (AvgIpc) is 3.13. The first-order chi connectivity index (χ1) is 10.2. The highest BCUT2D eigenvalue weighted by Gasteiger charge is 2.34. The number of hydrogen-bond acceptors (Lipinski definition) is 4. The first kappa shape index (κ1) is 13.6. The Hall–Kier alpha value is -2.34. The van der Waals surface area contributed by atoms with Crippen molar-refractivity contribution in [3.8, 4) is 0 Å². The third-order valence-corrected chi connectivity index (χ3v) is 4.69. The molecule has 0 bridgehead atoms. The lowest BCUT2D eigenvalue weighted by Crippen LogP contribution is -2.26. The van der Waals surface area contributed by atoms with Gasteiger partial charge in [0.15, 0.2) is 5.84 Å². The molecule has 0 saturated carbocycles. The fourth-order valence-corrected chi connectivity index (χ4v) is 3.57. The maximum absolute atomic E-state index is 12.2. The molecule has 108 valence electrons. The van der Waals surface area contributed by atoms with Crippen LogP contribution in [0.5, 0.6) is 0 Å². The van der Waals surface area contributed by atoms with Crippen molar-refractivity contribution in [3.63, 3.8) is 0 Å². The van der Waals surface area contributed by atoms with E-state index in [1.54, 1.807) is 6.07 Å². The van der Waals surface area contributed by atoms with Crippen molar-refractivity contribution in [1.82, 2.24) is 0 Å². The zero-order valence-corrected chi connectivity index (χ0v) is 12.1. The van der Waals surface area contributed by atoms with Crippen LogP contribution >= 0.6 is 11.3 Å². The van der Waals surface area contributed by atoms with Gasteiger partial charge in [0.1, 0.15) is 0 Å². The normalized spacial score (nSPS) is 19.2. The van der Waals surface area contributed by atoms with Gasteiger partial charge in [-0.25, -0.2) is 0 Å². The van der Waals surface area contributed by atoms with Crippen LogP contribution in [0.15, 0.2) is 47.6 Å². The highest BCUT2D eigenvalue weighted by molar-refractivity contribution is 7.18. The number of benzene rings is 1. The molecule has 2 heterocycles. The smallest absolute Gasteiger partial charge is 0.228 e. The lowest BCUT2D eigenvalue weighted by atomic mass is 10.1. The highest BCUT2D eigenvalue weighted by atomic mass is 32.1. The second-order valence-electron chi connectivity index (χ2n) is 4.85. The van der Waals surface area contributed by atoms with Crippen LogP contribution in [0.1, 0.15) is 29.3 Å². The number of thiophene rings is 1. The van der Waals surface area contributed by atoms with E-state index in [2.05, 4.69) is 5.16 Å². The summed E-state index contributed by atoms with van der Waals surface area (Å²) < 4.78 is 0. The van der Waals surface area contributed by atoms with Crippen LogP contribution in [0.25, 0.3) is 0 Å². The fourth-order valence-electron chi connectivity index (χ4n) is 2.60. The number of anilines is 1. The van der Waals surface area contributed by atoms with E-state index in [1.807, 2.05) is 41.3 Å². The highest BCUT2D eigenvalue weighted by Crippen LogP contribution is 2.40. The largest absolute Gasteiger partial charge is 0.409 e. The predicted molar refractivity (Wildman–Crippen MR) is 82.7 cm³/mol. The Labute approximate surface area is 126 Å². The average molecular weight is 301 g/mol. The van der Waals surface area contributed by atoms with Crippen molar-refractivity contribution in [2.45, 2.75) is 18.9 Å². The molecule has 1 fully saturated rings. The third kappa shape index (κ3) is 2.50. The van der Waals surface area contributed by atoms with Crippen LogP contribution in [0.3, 0.4) is 0 Å². The second-order valence-corrected chi connectivity index (χ2v) is 5.91. The maximum Gasteiger partial charge on any atom is 0.228 e. The SMILES string of the molecule is N/C(=N\O)c1ccc(N2C(=O)CCC2c2ccccc2)s1. The molecule has 1 aliphatic heterocycles. The van der Waals surface area contributed by atoms with Crippen molar-refractivity contribution in [1.29, 1.82) is 0 Å². The molecule has 3 rings (SSSR count). The van der Waals surface area contributed by atoms with Crippen molar-refractivity contribution < 1.29 is 10.0 Å². The molecular formula is C15H15N3O2S. The van der Waals surface area contributed by atoms with Gasteiger partial charge >= 0.3 is 0 Å². The lowest BCUT2D eigenvalue weighted by Gasteiger charge is -2.23. The molecule has 1 amide bonds. The van der Waals surface area contributed by atoms with Crippen molar-refractivity contribution in [2.24, 2.45) is 10.9 Å². The van der Waals surface area contributed by atoms with Crippen LogP contribution in [-0.2, 0) is 4.79 Å². The Kier molecular flexibility index (Phi) is 3.62. The number of nitrogens with zero attached hydrogens (tertiary/aromatic N) is 2. The van der Waals surface area contributed by atoms with E-state index in [0.29, 0.717) is 11.3 Å². The molecule has 1 aromatic heterocycles. The quantitative estimate of drug-likeness (QED) is 0.396. The molecule has 1 atom stereocenters. The molecule has 1 saturated heterocycles. The molecule has 0 aliphatic carbocycles. The van der Waals surface area contributed by atoms with Crippen molar-refractivity contribution >= 4 is 28.1 Å². The second kappa shape index (κ2) is 5.57. The zero-order valence-electron chi connectivity index (χ0n) is 11.3. The van der Waals surface area contributed by atoms with Gasteiger partial charge in [0.25, 0.3) is 0 Å². The van der Waals surface area contributed by atoms with E-state index >= 15 is 0 Å². The van der Waals surface area contributed by atoms with Gasteiger partial charge in [-0.1, -0.05) is 35.5 Å². The topological polar surface area (TPSA) is 78.9 Å². The Morgan fingerprint density at radius 1 is 1.29 bits per heavy atom. The monoisotopic (exact) mass is 301 g/mol. The van der Waals surface area contributed by atoms with Gasteiger partial charge in [0.2, 0.25) is 5.91 Å². The molecule has 21 heavy (non-hydrogen) atoms. The molecular weight excluding hydrogens is 286 g/mol. The van der Waals surface area contributed by atoms with Gasteiger partial charge in [-0.05, 0) is 24.1 Å². The van der Waals surface area contributed by atoms with Crippen LogP contribution in [-0.4, -0.2) is 17.0 Å². The van der Waals surface area contributed by atoms with Crippen LogP contribution in [0, 0.1) is 0 Å². The molecule has 0 radical (unpaired) electrons. The first-order valence-corrected chi connectivity index (χ1v) is 7.47. The molecule has 0 spiro atoms. The van der Waals surface area contributed by atoms with E-state index < -0.39 is 0 Å². The van der Waals surface area contributed by atoms with Gasteiger partial charge in [0.05, 0.1) is 15.9 Å². The number of carbonyl (C=O) groups is 1. The summed E-state index contributed by atoms with van der Waals surface area (Å²) in [6.07, 6.45) is 1.34.